The molecule has 1 atom stereocenters. The van der Waals surface area contributed by atoms with Crippen LogP contribution in [0, 0.1) is 0 Å². The van der Waals surface area contributed by atoms with Gasteiger partial charge in [-0.1, -0.05) is 60.7 Å². The van der Waals surface area contributed by atoms with E-state index in [1.807, 2.05) is 84.4 Å². The third-order valence-corrected chi connectivity index (χ3v) is 6.74. The Hall–Kier alpha value is -4.10. The molecule has 0 fully saturated rings. The van der Waals surface area contributed by atoms with Gasteiger partial charge in [0.25, 0.3) is 5.91 Å². The lowest BCUT2D eigenvalue weighted by atomic mass is 10.0. The van der Waals surface area contributed by atoms with Gasteiger partial charge in [0.1, 0.15) is 18.4 Å². The molecule has 5 rings (SSSR count). The fraction of sp³-hybridized carbons (Fsp3) is 0.143. The molecule has 0 radical (unpaired) electrons. The number of aromatic nitrogens is 1. The van der Waals surface area contributed by atoms with Crippen LogP contribution in [-0.4, -0.2) is 36.0 Å². The predicted molar refractivity (Wildman–Crippen MR) is 140 cm³/mol. The Morgan fingerprint density at radius 3 is 2.57 bits per heavy atom. The van der Waals surface area contributed by atoms with Gasteiger partial charge in [0.05, 0.1) is 11.4 Å². The first-order chi connectivity index (χ1) is 17.2. The molecule has 2 aromatic heterocycles. The molecule has 6 nitrogen and oxygen atoms in total. The fourth-order valence-electron chi connectivity index (χ4n) is 4.15. The molecule has 7 heteroatoms. The van der Waals surface area contributed by atoms with Crippen molar-refractivity contribution in [2.24, 2.45) is 0 Å². The van der Waals surface area contributed by atoms with E-state index in [-0.39, 0.29) is 11.8 Å². The van der Waals surface area contributed by atoms with E-state index in [9.17, 15) is 9.59 Å². The molecule has 35 heavy (non-hydrogen) atoms. The fourth-order valence-corrected chi connectivity index (χ4v) is 4.77. The van der Waals surface area contributed by atoms with Crippen molar-refractivity contribution in [2.75, 3.05) is 13.2 Å². The van der Waals surface area contributed by atoms with Crippen molar-refractivity contribution in [3.05, 3.63) is 101 Å². The summed E-state index contributed by atoms with van der Waals surface area (Å²) in [5, 5.41) is 10.8. The van der Waals surface area contributed by atoms with Crippen LogP contribution in [0.1, 0.15) is 15.2 Å². The Bertz CT molecular complexity index is 1450. The van der Waals surface area contributed by atoms with Crippen molar-refractivity contribution < 1.29 is 14.3 Å². The Labute approximate surface area is 206 Å². The summed E-state index contributed by atoms with van der Waals surface area (Å²) in [4.78, 5) is 29.7. The quantitative estimate of drug-likeness (QED) is 0.260. The van der Waals surface area contributed by atoms with E-state index in [0.29, 0.717) is 24.4 Å². The van der Waals surface area contributed by atoms with Crippen LogP contribution >= 0.6 is 11.3 Å². The Morgan fingerprint density at radius 1 is 0.914 bits per heavy atom. The zero-order valence-corrected chi connectivity index (χ0v) is 19.8. The van der Waals surface area contributed by atoms with Gasteiger partial charge < -0.3 is 20.4 Å². The topological polar surface area (TPSA) is 83.2 Å². The number of carbonyl (C=O) groups is 2. The molecular weight excluding hydrogens is 458 g/mol. The van der Waals surface area contributed by atoms with Crippen molar-refractivity contribution in [3.63, 3.8) is 0 Å². The van der Waals surface area contributed by atoms with Gasteiger partial charge in [-0.15, -0.1) is 11.3 Å². The number of hydrogen-bond acceptors (Lipinski definition) is 4. The van der Waals surface area contributed by atoms with Crippen LogP contribution < -0.4 is 15.4 Å². The summed E-state index contributed by atoms with van der Waals surface area (Å²) in [7, 11) is 0. The summed E-state index contributed by atoms with van der Waals surface area (Å²) in [6, 6.07) is 24.7. The average Bonchev–Trinajstić information content (AvgIpc) is 3.57. The molecule has 0 aliphatic rings. The number of nitrogens with one attached hydrogen (secondary N) is 3. The number of amides is 2. The number of aromatic amines is 1. The molecule has 2 heterocycles. The summed E-state index contributed by atoms with van der Waals surface area (Å²) in [6.45, 7) is 0.639. The van der Waals surface area contributed by atoms with Crippen LogP contribution in [-0.2, 0) is 11.2 Å². The number of benzene rings is 3. The first kappa shape index (κ1) is 22.7. The van der Waals surface area contributed by atoms with E-state index in [2.05, 4.69) is 15.6 Å². The largest absolute Gasteiger partial charge is 0.491 e. The van der Waals surface area contributed by atoms with Crippen LogP contribution in [0.3, 0.4) is 0 Å². The number of fused-ring (bicyclic) bond motifs is 2. The molecule has 1 unspecified atom stereocenters. The maximum absolute atomic E-state index is 13.1. The number of hydrogen-bond donors (Lipinski definition) is 3. The van der Waals surface area contributed by atoms with Gasteiger partial charge in [-0.05, 0) is 34.5 Å². The zero-order valence-electron chi connectivity index (χ0n) is 19.0. The molecule has 0 saturated heterocycles. The molecule has 0 aliphatic heterocycles. The van der Waals surface area contributed by atoms with Crippen LogP contribution in [0.4, 0.5) is 0 Å². The number of H-pyrrole nitrogens is 1. The average molecular weight is 484 g/mol. The van der Waals surface area contributed by atoms with Crippen LogP contribution in [0.25, 0.3) is 21.7 Å². The second-order valence-electron chi connectivity index (χ2n) is 8.18. The van der Waals surface area contributed by atoms with Crippen LogP contribution in [0.15, 0.2) is 90.4 Å². The zero-order chi connectivity index (χ0) is 24.0. The lowest BCUT2D eigenvalue weighted by Gasteiger charge is -2.18. The SMILES string of the molecule is O=C(NC(Cc1c[nH]c2ccccc12)C(=O)NCCOc1cccc2ccccc12)c1cccs1. The van der Waals surface area contributed by atoms with Gasteiger partial charge in [-0.3, -0.25) is 9.59 Å². The van der Waals surface area contributed by atoms with Gasteiger partial charge in [0, 0.05) is 28.9 Å². The number of carbonyl (C=O) groups excluding carboxylic acids is 2. The maximum atomic E-state index is 13.1. The highest BCUT2D eigenvalue weighted by Crippen LogP contribution is 2.25. The molecule has 176 valence electrons. The van der Waals surface area contributed by atoms with Crippen molar-refractivity contribution >= 4 is 44.8 Å². The van der Waals surface area contributed by atoms with Gasteiger partial charge in [0.15, 0.2) is 0 Å². The molecule has 3 aromatic carbocycles. The summed E-state index contributed by atoms with van der Waals surface area (Å²) in [6.07, 6.45) is 2.27. The molecular formula is C28H25N3O3S. The molecule has 0 bridgehead atoms. The summed E-state index contributed by atoms with van der Waals surface area (Å²) >= 11 is 1.35. The molecule has 0 aliphatic carbocycles. The van der Waals surface area contributed by atoms with Gasteiger partial charge in [0.2, 0.25) is 5.91 Å². The third-order valence-electron chi connectivity index (χ3n) is 5.87. The Morgan fingerprint density at radius 2 is 1.71 bits per heavy atom. The number of thiophene rings is 1. The van der Waals surface area contributed by atoms with Gasteiger partial charge >= 0.3 is 0 Å². The normalized spacial score (nSPS) is 11.9. The minimum Gasteiger partial charge on any atom is -0.491 e. The summed E-state index contributed by atoms with van der Waals surface area (Å²) in [5.41, 5.74) is 1.97. The maximum Gasteiger partial charge on any atom is 0.262 e. The summed E-state index contributed by atoms with van der Waals surface area (Å²) in [5.74, 6) is 0.271. The van der Waals surface area contributed by atoms with E-state index < -0.39 is 6.04 Å². The van der Waals surface area contributed by atoms with E-state index in [4.69, 9.17) is 4.74 Å². The second kappa shape index (κ2) is 10.4. The third kappa shape index (κ3) is 5.20. The van der Waals surface area contributed by atoms with Crippen molar-refractivity contribution in [3.8, 4) is 5.75 Å². The predicted octanol–water partition coefficient (Wildman–Crippen LogP) is 4.92. The lowest BCUT2D eigenvalue weighted by molar-refractivity contribution is -0.123. The highest BCUT2D eigenvalue weighted by Gasteiger charge is 2.23. The standard InChI is InChI=1S/C28H25N3O3S/c32-27(29-14-15-34-25-12-5-8-19-7-1-2-10-22(19)25)24(31-28(33)26-13-6-16-35-26)17-20-18-30-23-11-4-3-9-21(20)23/h1-13,16,18,24,30H,14-15,17H2,(H,29,32)(H,31,33). The minimum absolute atomic E-state index is 0.248. The highest BCUT2D eigenvalue weighted by molar-refractivity contribution is 7.12. The van der Waals surface area contributed by atoms with Crippen molar-refractivity contribution in [2.45, 2.75) is 12.5 Å². The van der Waals surface area contributed by atoms with Crippen LogP contribution in [0.2, 0.25) is 0 Å². The Balaban J connectivity index is 1.25. The van der Waals surface area contributed by atoms with Crippen LogP contribution in [0.5, 0.6) is 5.75 Å². The van der Waals surface area contributed by atoms with Crippen molar-refractivity contribution in [1.29, 1.82) is 0 Å². The van der Waals surface area contributed by atoms with Gasteiger partial charge in [-0.25, -0.2) is 0 Å². The number of ether oxygens (including phenoxy) is 1. The molecule has 2 amide bonds. The van der Waals surface area contributed by atoms with E-state index in [0.717, 1.165) is 33.0 Å². The monoisotopic (exact) mass is 483 g/mol. The van der Waals surface area contributed by atoms with Gasteiger partial charge in [-0.2, -0.15) is 0 Å². The minimum atomic E-state index is -0.721. The molecule has 0 saturated carbocycles. The van der Waals surface area contributed by atoms with E-state index in [1.165, 1.54) is 11.3 Å². The van der Waals surface area contributed by atoms with Crippen molar-refractivity contribution in [1.82, 2.24) is 15.6 Å². The first-order valence-electron chi connectivity index (χ1n) is 11.5. The highest BCUT2D eigenvalue weighted by atomic mass is 32.1. The summed E-state index contributed by atoms with van der Waals surface area (Å²) < 4.78 is 5.95. The van der Waals surface area contributed by atoms with E-state index in [1.54, 1.807) is 6.07 Å². The second-order valence-corrected chi connectivity index (χ2v) is 9.13. The lowest BCUT2D eigenvalue weighted by Crippen LogP contribution is -2.48. The number of para-hydroxylation sites is 1. The first-order valence-corrected chi connectivity index (χ1v) is 12.3. The number of rotatable bonds is 9. The smallest absolute Gasteiger partial charge is 0.262 e. The molecule has 5 aromatic rings. The molecule has 0 spiro atoms. The molecule has 3 N–H and O–H groups in total. The Kier molecular flexibility index (Phi) is 6.77. The van der Waals surface area contributed by atoms with E-state index >= 15 is 0 Å².